The summed E-state index contributed by atoms with van der Waals surface area (Å²) in [6.07, 6.45) is 0.478. The van der Waals surface area contributed by atoms with Gasteiger partial charge in [0.1, 0.15) is 0 Å². The van der Waals surface area contributed by atoms with Crippen molar-refractivity contribution in [3.63, 3.8) is 0 Å². The number of carbonyl (C=O) groups is 1. The minimum Gasteiger partial charge on any atom is -0.392 e. The second-order valence-electron chi connectivity index (χ2n) is 5.74. The van der Waals surface area contributed by atoms with E-state index in [4.69, 9.17) is 0 Å². The van der Waals surface area contributed by atoms with Gasteiger partial charge in [0, 0.05) is 12.1 Å². The Morgan fingerprint density at radius 1 is 1.24 bits per heavy atom. The van der Waals surface area contributed by atoms with Gasteiger partial charge in [0.05, 0.1) is 12.1 Å². The van der Waals surface area contributed by atoms with Crippen LogP contribution in [-0.2, 0) is 4.79 Å². The van der Waals surface area contributed by atoms with Crippen molar-refractivity contribution >= 4 is 5.91 Å². The first-order valence-corrected chi connectivity index (χ1v) is 6.40. The normalized spacial score (nSPS) is 15.8. The molecule has 17 heavy (non-hydrogen) atoms. The number of aliphatic hydroxyl groups excluding tert-OH is 1. The topological polar surface area (TPSA) is 61.4 Å². The summed E-state index contributed by atoms with van der Waals surface area (Å²) >= 11 is 0. The summed E-state index contributed by atoms with van der Waals surface area (Å²) in [5, 5.41) is 15.6. The largest absolute Gasteiger partial charge is 0.392 e. The van der Waals surface area contributed by atoms with Gasteiger partial charge >= 0.3 is 0 Å². The second-order valence-corrected chi connectivity index (χ2v) is 5.74. The molecular formula is C13H28N2O2. The lowest BCUT2D eigenvalue weighted by atomic mass is 9.97. The zero-order valence-corrected chi connectivity index (χ0v) is 12.0. The van der Waals surface area contributed by atoms with Crippen molar-refractivity contribution in [1.82, 2.24) is 10.6 Å². The van der Waals surface area contributed by atoms with E-state index >= 15 is 0 Å². The second kappa shape index (κ2) is 6.97. The van der Waals surface area contributed by atoms with Crippen molar-refractivity contribution in [3.8, 4) is 0 Å². The van der Waals surface area contributed by atoms with Crippen LogP contribution in [0.4, 0.5) is 0 Å². The Morgan fingerprint density at radius 3 is 2.18 bits per heavy atom. The lowest BCUT2D eigenvalue weighted by molar-refractivity contribution is -0.123. The minimum absolute atomic E-state index is 0.0145. The molecule has 4 nitrogen and oxygen atoms in total. The third-order valence-corrected chi connectivity index (χ3v) is 3.05. The summed E-state index contributed by atoms with van der Waals surface area (Å²) in [6, 6.07) is -0.299. The molecule has 4 heteroatoms. The van der Waals surface area contributed by atoms with Crippen LogP contribution in [-0.4, -0.2) is 35.2 Å². The summed E-state index contributed by atoms with van der Waals surface area (Å²) in [5.74, 6) is 0.576. The first kappa shape index (κ1) is 16.4. The maximum atomic E-state index is 11.8. The maximum absolute atomic E-state index is 11.8. The zero-order valence-electron chi connectivity index (χ0n) is 12.0. The molecule has 2 unspecified atom stereocenters. The highest BCUT2D eigenvalue weighted by Crippen LogP contribution is 2.09. The summed E-state index contributed by atoms with van der Waals surface area (Å²) in [4.78, 5) is 11.8. The van der Waals surface area contributed by atoms with E-state index < -0.39 is 11.6 Å². The molecule has 0 spiro atoms. The van der Waals surface area contributed by atoms with Crippen LogP contribution in [0.1, 0.15) is 48.0 Å². The van der Waals surface area contributed by atoms with Gasteiger partial charge in [0.25, 0.3) is 0 Å². The smallest absolute Gasteiger partial charge is 0.236 e. The summed E-state index contributed by atoms with van der Waals surface area (Å²) < 4.78 is 0. The third-order valence-electron chi connectivity index (χ3n) is 3.05. The van der Waals surface area contributed by atoms with Crippen molar-refractivity contribution in [1.29, 1.82) is 0 Å². The predicted molar refractivity (Wildman–Crippen MR) is 70.8 cm³/mol. The Kier molecular flexibility index (Phi) is 6.72. The zero-order chi connectivity index (χ0) is 13.6. The monoisotopic (exact) mass is 244 g/mol. The van der Waals surface area contributed by atoms with Crippen LogP contribution >= 0.6 is 0 Å². The van der Waals surface area contributed by atoms with Gasteiger partial charge in [-0.2, -0.15) is 0 Å². The van der Waals surface area contributed by atoms with E-state index in [2.05, 4.69) is 24.5 Å². The van der Waals surface area contributed by atoms with Crippen molar-refractivity contribution in [2.45, 2.75) is 65.6 Å². The van der Waals surface area contributed by atoms with Crippen LogP contribution in [0, 0.1) is 5.92 Å². The molecule has 0 bridgehead atoms. The number of hydrogen-bond donors (Lipinski definition) is 3. The predicted octanol–water partition coefficient (Wildman–Crippen LogP) is 1.29. The molecule has 0 saturated carbocycles. The highest BCUT2D eigenvalue weighted by atomic mass is 16.3. The number of rotatable bonds is 7. The van der Waals surface area contributed by atoms with Crippen LogP contribution in [0.2, 0.25) is 0 Å². The number of carbonyl (C=O) groups excluding carboxylic acids is 1. The van der Waals surface area contributed by atoms with Gasteiger partial charge in [0.15, 0.2) is 0 Å². The molecule has 0 radical (unpaired) electrons. The molecule has 0 fully saturated rings. The third kappa shape index (κ3) is 6.64. The average Bonchev–Trinajstić information content (AvgIpc) is 2.15. The fourth-order valence-corrected chi connectivity index (χ4v) is 1.38. The van der Waals surface area contributed by atoms with E-state index in [0.29, 0.717) is 12.5 Å². The van der Waals surface area contributed by atoms with Crippen molar-refractivity contribution < 1.29 is 9.90 Å². The van der Waals surface area contributed by atoms with Gasteiger partial charge in [-0.05, 0) is 40.0 Å². The fraction of sp³-hybridized carbons (Fsp3) is 0.923. The van der Waals surface area contributed by atoms with E-state index in [1.54, 1.807) is 6.92 Å². The molecule has 0 rings (SSSR count). The Morgan fingerprint density at radius 2 is 1.76 bits per heavy atom. The van der Waals surface area contributed by atoms with Crippen LogP contribution in [0.5, 0.6) is 0 Å². The molecule has 0 aliphatic heterocycles. The molecule has 3 N–H and O–H groups in total. The van der Waals surface area contributed by atoms with Gasteiger partial charge in [-0.1, -0.05) is 13.8 Å². The van der Waals surface area contributed by atoms with Crippen LogP contribution in [0.15, 0.2) is 0 Å². The Hall–Kier alpha value is -0.610. The van der Waals surface area contributed by atoms with Gasteiger partial charge in [-0.15, -0.1) is 0 Å². The Bertz CT molecular complexity index is 238. The molecule has 0 aromatic rings. The lowest BCUT2D eigenvalue weighted by Gasteiger charge is -2.32. The SMILES string of the molecule is CC(C)CCNC(=O)C(C)NC(C)(C)C(C)O. The lowest BCUT2D eigenvalue weighted by Crippen LogP contribution is -2.56. The highest BCUT2D eigenvalue weighted by Gasteiger charge is 2.27. The van der Waals surface area contributed by atoms with Gasteiger partial charge in [-0.3, -0.25) is 10.1 Å². The Labute approximate surface area is 105 Å². The summed E-state index contributed by atoms with van der Waals surface area (Å²) in [5.41, 5.74) is -0.463. The molecule has 0 heterocycles. The molecular weight excluding hydrogens is 216 g/mol. The summed E-state index contributed by atoms with van der Waals surface area (Å²) in [6.45, 7) is 12.3. The molecule has 0 saturated heterocycles. The van der Waals surface area contributed by atoms with Crippen molar-refractivity contribution in [3.05, 3.63) is 0 Å². The number of hydrogen-bond acceptors (Lipinski definition) is 3. The Balaban J connectivity index is 4.06. The van der Waals surface area contributed by atoms with E-state index in [-0.39, 0.29) is 11.9 Å². The molecule has 1 amide bonds. The average molecular weight is 244 g/mol. The van der Waals surface area contributed by atoms with E-state index in [0.717, 1.165) is 6.42 Å². The number of nitrogens with one attached hydrogen (secondary N) is 2. The first-order valence-electron chi connectivity index (χ1n) is 6.40. The van der Waals surface area contributed by atoms with Crippen molar-refractivity contribution in [2.24, 2.45) is 5.92 Å². The van der Waals surface area contributed by atoms with Crippen LogP contribution < -0.4 is 10.6 Å². The van der Waals surface area contributed by atoms with E-state index in [9.17, 15) is 9.90 Å². The van der Waals surface area contributed by atoms with E-state index in [1.807, 2.05) is 20.8 Å². The van der Waals surface area contributed by atoms with Gasteiger partial charge in [-0.25, -0.2) is 0 Å². The summed E-state index contributed by atoms with van der Waals surface area (Å²) in [7, 11) is 0. The van der Waals surface area contributed by atoms with Crippen LogP contribution in [0.3, 0.4) is 0 Å². The maximum Gasteiger partial charge on any atom is 0.236 e. The van der Waals surface area contributed by atoms with Gasteiger partial charge in [0.2, 0.25) is 5.91 Å². The first-order chi connectivity index (χ1) is 7.66. The van der Waals surface area contributed by atoms with Crippen molar-refractivity contribution in [2.75, 3.05) is 6.54 Å². The standard InChI is InChI=1S/C13H28N2O2/c1-9(2)7-8-14-12(17)10(3)15-13(5,6)11(4)16/h9-11,15-16H,7-8H2,1-6H3,(H,14,17). The molecule has 0 aliphatic rings. The molecule has 0 aromatic carbocycles. The fourth-order valence-electron chi connectivity index (χ4n) is 1.38. The molecule has 2 atom stereocenters. The van der Waals surface area contributed by atoms with E-state index in [1.165, 1.54) is 0 Å². The highest BCUT2D eigenvalue weighted by molar-refractivity contribution is 5.81. The number of amides is 1. The molecule has 0 aliphatic carbocycles. The number of aliphatic hydroxyl groups is 1. The van der Waals surface area contributed by atoms with Crippen LogP contribution in [0.25, 0.3) is 0 Å². The molecule has 0 aromatic heterocycles. The minimum atomic E-state index is -0.506. The quantitative estimate of drug-likeness (QED) is 0.632. The van der Waals surface area contributed by atoms with Gasteiger partial charge < -0.3 is 10.4 Å². The molecule has 102 valence electrons.